The minimum atomic E-state index is 0.205. The summed E-state index contributed by atoms with van der Waals surface area (Å²) in [5.74, 6) is 0.205. The lowest BCUT2D eigenvalue weighted by atomic mass is 10.4. The highest BCUT2D eigenvalue weighted by Crippen LogP contribution is 2.06. The molecule has 0 aromatic carbocycles. The van der Waals surface area contributed by atoms with Crippen LogP contribution in [0.15, 0.2) is 0 Å². The van der Waals surface area contributed by atoms with E-state index in [1.54, 1.807) is 6.92 Å². The first-order valence-corrected chi connectivity index (χ1v) is 4.83. The Morgan fingerprint density at radius 2 is 2.00 bits per heavy atom. The number of halogens is 1. The molecule has 1 fully saturated rings. The maximum Gasteiger partial charge on any atom is 0.219 e. The standard InChI is InChI=1S/C7H13IN2O/c1-7(11)9-3-2-4-10(8)6-5-9/h2-6H2,1H3. The van der Waals surface area contributed by atoms with E-state index >= 15 is 0 Å². The minimum Gasteiger partial charge on any atom is -0.342 e. The van der Waals surface area contributed by atoms with Gasteiger partial charge in [-0.05, 0) is 6.42 Å². The van der Waals surface area contributed by atoms with Crippen molar-refractivity contribution in [3.63, 3.8) is 0 Å². The fourth-order valence-corrected chi connectivity index (χ4v) is 1.76. The van der Waals surface area contributed by atoms with Gasteiger partial charge in [-0.3, -0.25) is 4.79 Å². The first-order chi connectivity index (χ1) is 5.20. The van der Waals surface area contributed by atoms with Crippen LogP contribution >= 0.6 is 22.9 Å². The molecule has 0 saturated carbocycles. The topological polar surface area (TPSA) is 23.6 Å². The zero-order chi connectivity index (χ0) is 8.27. The van der Waals surface area contributed by atoms with Crippen LogP contribution in [0.5, 0.6) is 0 Å². The molecule has 1 aliphatic rings. The number of hydrogen-bond donors (Lipinski definition) is 0. The number of nitrogens with zero attached hydrogens (tertiary/aromatic N) is 2. The summed E-state index contributed by atoms with van der Waals surface area (Å²) in [4.78, 5) is 12.9. The van der Waals surface area contributed by atoms with Gasteiger partial charge in [0.1, 0.15) is 0 Å². The molecule has 0 radical (unpaired) electrons. The molecule has 4 heteroatoms. The van der Waals surface area contributed by atoms with E-state index in [0.717, 1.165) is 32.6 Å². The van der Waals surface area contributed by atoms with Crippen molar-refractivity contribution in [3.05, 3.63) is 0 Å². The second-order valence-corrected chi connectivity index (χ2v) is 4.13. The van der Waals surface area contributed by atoms with Crippen molar-refractivity contribution in [1.82, 2.24) is 8.01 Å². The molecule has 3 nitrogen and oxygen atoms in total. The normalized spacial score (nSPS) is 21.5. The average Bonchev–Trinajstić information content (AvgIpc) is 2.13. The van der Waals surface area contributed by atoms with Gasteiger partial charge < -0.3 is 4.90 Å². The Hall–Kier alpha value is 0.160. The molecule has 0 aromatic rings. The van der Waals surface area contributed by atoms with Crippen molar-refractivity contribution < 1.29 is 4.79 Å². The lowest BCUT2D eigenvalue weighted by Crippen LogP contribution is -2.31. The van der Waals surface area contributed by atoms with Crippen LogP contribution in [0.25, 0.3) is 0 Å². The number of carbonyl (C=O) groups excluding carboxylic acids is 1. The molecule has 11 heavy (non-hydrogen) atoms. The van der Waals surface area contributed by atoms with Gasteiger partial charge in [-0.15, -0.1) is 0 Å². The first kappa shape index (κ1) is 9.25. The highest BCUT2D eigenvalue weighted by atomic mass is 127. The molecule has 0 aliphatic carbocycles. The summed E-state index contributed by atoms with van der Waals surface area (Å²) in [6.45, 7) is 5.56. The molecule has 0 N–H and O–H groups in total. The van der Waals surface area contributed by atoms with Gasteiger partial charge in [0.25, 0.3) is 0 Å². The molecule has 64 valence electrons. The van der Waals surface area contributed by atoms with Crippen LogP contribution in [0.4, 0.5) is 0 Å². The maximum atomic E-state index is 11.0. The quantitative estimate of drug-likeness (QED) is 0.481. The number of amides is 1. The Labute approximate surface area is 81.2 Å². The molecule has 1 aliphatic heterocycles. The van der Waals surface area contributed by atoms with Crippen LogP contribution < -0.4 is 0 Å². The Kier molecular flexibility index (Phi) is 3.58. The predicted octanol–water partition coefficient (Wildman–Crippen LogP) is 0.891. The van der Waals surface area contributed by atoms with E-state index in [1.807, 2.05) is 4.90 Å². The second kappa shape index (κ2) is 4.25. The van der Waals surface area contributed by atoms with Crippen molar-refractivity contribution >= 4 is 28.8 Å². The van der Waals surface area contributed by atoms with Crippen molar-refractivity contribution in [2.75, 3.05) is 26.2 Å². The summed E-state index contributed by atoms with van der Waals surface area (Å²) in [6.07, 6.45) is 1.10. The SMILES string of the molecule is CC(=O)N1CCCN(I)CC1. The van der Waals surface area contributed by atoms with Gasteiger partial charge in [0.15, 0.2) is 0 Å². The monoisotopic (exact) mass is 268 g/mol. The highest BCUT2D eigenvalue weighted by Gasteiger charge is 2.13. The van der Waals surface area contributed by atoms with Crippen molar-refractivity contribution in [2.45, 2.75) is 13.3 Å². The molecular weight excluding hydrogens is 255 g/mol. The van der Waals surface area contributed by atoms with Gasteiger partial charge >= 0.3 is 0 Å². The van der Waals surface area contributed by atoms with Crippen LogP contribution in [0.1, 0.15) is 13.3 Å². The lowest BCUT2D eigenvalue weighted by Gasteiger charge is -2.17. The Bertz CT molecular complexity index is 151. The van der Waals surface area contributed by atoms with Gasteiger partial charge in [0.2, 0.25) is 5.91 Å². The maximum absolute atomic E-state index is 11.0. The van der Waals surface area contributed by atoms with Gasteiger partial charge in [0, 0.05) is 56.0 Å². The van der Waals surface area contributed by atoms with E-state index < -0.39 is 0 Å². The molecular formula is C7H13IN2O. The van der Waals surface area contributed by atoms with Crippen molar-refractivity contribution in [2.24, 2.45) is 0 Å². The van der Waals surface area contributed by atoms with E-state index in [2.05, 4.69) is 26.0 Å². The van der Waals surface area contributed by atoms with E-state index in [4.69, 9.17) is 0 Å². The third-order valence-corrected chi connectivity index (χ3v) is 2.85. The molecule has 1 rings (SSSR count). The van der Waals surface area contributed by atoms with E-state index in [0.29, 0.717) is 0 Å². The predicted molar refractivity (Wildman–Crippen MR) is 52.5 cm³/mol. The Balaban J connectivity index is 2.40. The van der Waals surface area contributed by atoms with Crippen LogP contribution in [0.3, 0.4) is 0 Å². The third kappa shape index (κ3) is 2.94. The van der Waals surface area contributed by atoms with Gasteiger partial charge in [-0.1, -0.05) is 0 Å². The molecule has 0 spiro atoms. The summed E-state index contributed by atoms with van der Waals surface area (Å²) in [7, 11) is 0. The fourth-order valence-electron chi connectivity index (χ4n) is 1.20. The molecule has 0 aromatic heterocycles. The van der Waals surface area contributed by atoms with Crippen LogP contribution in [0, 0.1) is 0 Å². The molecule has 0 atom stereocenters. The highest BCUT2D eigenvalue weighted by molar-refractivity contribution is 14.1. The number of carbonyl (C=O) groups is 1. The summed E-state index contributed by atoms with van der Waals surface area (Å²) in [5.41, 5.74) is 0. The Morgan fingerprint density at radius 1 is 1.27 bits per heavy atom. The average molecular weight is 268 g/mol. The zero-order valence-corrected chi connectivity index (χ0v) is 8.87. The number of hydrogen-bond acceptors (Lipinski definition) is 2. The first-order valence-electron chi connectivity index (χ1n) is 3.86. The smallest absolute Gasteiger partial charge is 0.219 e. The summed E-state index contributed by atoms with van der Waals surface area (Å²) < 4.78 is 2.24. The minimum absolute atomic E-state index is 0.205. The van der Waals surface area contributed by atoms with E-state index in [1.165, 1.54) is 0 Å². The van der Waals surface area contributed by atoms with Crippen molar-refractivity contribution in [3.8, 4) is 0 Å². The lowest BCUT2D eigenvalue weighted by molar-refractivity contribution is -0.128. The molecule has 1 saturated heterocycles. The molecule has 0 bridgehead atoms. The van der Waals surface area contributed by atoms with Gasteiger partial charge in [-0.2, -0.15) is 0 Å². The largest absolute Gasteiger partial charge is 0.342 e. The third-order valence-electron chi connectivity index (χ3n) is 1.89. The second-order valence-electron chi connectivity index (χ2n) is 2.77. The van der Waals surface area contributed by atoms with Crippen LogP contribution in [-0.2, 0) is 4.79 Å². The fraction of sp³-hybridized carbons (Fsp3) is 0.857. The molecule has 1 amide bonds. The molecule has 1 heterocycles. The van der Waals surface area contributed by atoms with Crippen molar-refractivity contribution in [1.29, 1.82) is 0 Å². The van der Waals surface area contributed by atoms with Gasteiger partial charge in [-0.25, -0.2) is 3.11 Å². The zero-order valence-electron chi connectivity index (χ0n) is 6.72. The molecule has 0 unspecified atom stereocenters. The van der Waals surface area contributed by atoms with E-state index in [9.17, 15) is 4.79 Å². The summed E-state index contributed by atoms with van der Waals surface area (Å²) in [6, 6.07) is 0. The van der Waals surface area contributed by atoms with Crippen LogP contribution in [0.2, 0.25) is 0 Å². The summed E-state index contributed by atoms with van der Waals surface area (Å²) in [5, 5.41) is 0. The van der Waals surface area contributed by atoms with E-state index in [-0.39, 0.29) is 5.91 Å². The Morgan fingerprint density at radius 3 is 2.64 bits per heavy atom. The number of rotatable bonds is 0. The van der Waals surface area contributed by atoms with Gasteiger partial charge in [0.05, 0.1) is 0 Å². The van der Waals surface area contributed by atoms with Crippen LogP contribution in [-0.4, -0.2) is 40.1 Å². The summed E-state index contributed by atoms with van der Waals surface area (Å²) >= 11 is 2.31.